The summed E-state index contributed by atoms with van der Waals surface area (Å²) in [7, 11) is 1.34. The predicted octanol–water partition coefficient (Wildman–Crippen LogP) is 2.94. The van der Waals surface area contributed by atoms with Crippen molar-refractivity contribution in [1.29, 1.82) is 0 Å². The number of aromatic nitrogens is 3. The molecule has 12 heteroatoms. The Morgan fingerprint density at radius 3 is 2.15 bits per heavy atom. The number of nitrogens with zero attached hydrogens (tertiary/aromatic N) is 4. The Morgan fingerprint density at radius 1 is 0.897 bits per heavy atom. The lowest BCUT2D eigenvalue weighted by atomic mass is 10.1. The van der Waals surface area contributed by atoms with E-state index in [2.05, 4.69) is 35.8 Å². The van der Waals surface area contributed by atoms with Gasteiger partial charge in [-0.25, -0.2) is 4.39 Å². The first-order chi connectivity index (χ1) is 18.9. The largest absolute Gasteiger partial charge is 0.494 e. The molecule has 3 N–H and O–H groups in total. The van der Waals surface area contributed by atoms with Crippen molar-refractivity contribution in [3.63, 3.8) is 0 Å². The van der Waals surface area contributed by atoms with E-state index in [1.165, 1.54) is 25.7 Å². The fourth-order valence-corrected chi connectivity index (χ4v) is 4.87. The molecule has 0 unspecified atom stereocenters. The number of carbonyl (C=O) groups is 3. The monoisotopic (exact) mass is 541 g/mol. The van der Waals surface area contributed by atoms with Crippen LogP contribution < -0.4 is 20.7 Å². The zero-order chi connectivity index (χ0) is 27.6. The highest BCUT2D eigenvalue weighted by molar-refractivity contribution is 6.03. The van der Waals surface area contributed by atoms with Gasteiger partial charge in [0.05, 0.1) is 7.11 Å². The Balaban J connectivity index is 1.51. The molecule has 1 saturated carbocycles. The van der Waals surface area contributed by atoms with Crippen LogP contribution in [0, 0.1) is 5.82 Å². The predicted molar refractivity (Wildman–Crippen MR) is 142 cm³/mol. The van der Waals surface area contributed by atoms with Crippen LogP contribution in [0.5, 0.6) is 5.75 Å². The molecule has 1 aromatic heterocycles. The average molecular weight is 542 g/mol. The van der Waals surface area contributed by atoms with Crippen molar-refractivity contribution in [2.45, 2.75) is 63.8 Å². The van der Waals surface area contributed by atoms with Crippen LogP contribution in [0.1, 0.15) is 89.6 Å². The van der Waals surface area contributed by atoms with Gasteiger partial charge in [0.2, 0.25) is 17.5 Å². The molecule has 2 heterocycles. The van der Waals surface area contributed by atoms with Crippen molar-refractivity contribution in [3.05, 3.63) is 41.5 Å². The number of likely N-dealkylation sites (tertiary alicyclic amines) is 1. The second-order valence-corrected chi connectivity index (χ2v) is 9.93. The van der Waals surface area contributed by atoms with Crippen LogP contribution in [0.15, 0.2) is 18.2 Å². The van der Waals surface area contributed by atoms with Gasteiger partial charge in [-0.3, -0.25) is 14.4 Å². The smallest absolute Gasteiger partial charge is 0.293 e. The summed E-state index contributed by atoms with van der Waals surface area (Å²) in [5, 5.41) is 8.22. The van der Waals surface area contributed by atoms with Crippen LogP contribution >= 0.6 is 0 Å². The first-order valence-electron chi connectivity index (χ1n) is 13.7. The van der Waals surface area contributed by atoms with Gasteiger partial charge in [0.25, 0.3) is 17.7 Å². The summed E-state index contributed by atoms with van der Waals surface area (Å²) in [6, 6.07) is 3.88. The number of rotatable bonds is 9. The van der Waals surface area contributed by atoms with Gasteiger partial charge in [0.1, 0.15) is 0 Å². The van der Waals surface area contributed by atoms with Crippen LogP contribution in [0.25, 0.3) is 0 Å². The summed E-state index contributed by atoms with van der Waals surface area (Å²) in [6.45, 7) is 3.04. The number of piperidine rings is 1. The van der Waals surface area contributed by atoms with Gasteiger partial charge in [-0.1, -0.05) is 32.1 Å². The van der Waals surface area contributed by atoms with Crippen LogP contribution in [0.3, 0.4) is 0 Å². The SMILES string of the molecule is COc1ccc(NC(=O)c2nc(C(=O)NCCN3CCCCC3)nc(C(=O)NC3CCCCCC3)n2)cc1F. The summed E-state index contributed by atoms with van der Waals surface area (Å²) < 4.78 is 19.0. The highest BCUT2D eigenvalue weighted by Crippen LogP contribution is 2.21. The Labute approximate surface area is 227 Å². The van der Waals surface area contributed by atoms with Crippen LogP contribution in [-0.2, 0) is 0 Å². The Kier molecular flexibility index (Phi) is 10.1. The van der Waals surface area contributed by atoms with Gasteiger partial charge >= 0.3 is 0 Å². The topological polar surface area (TPSA) is 138 Å². The molecule has 2 aliphatic rings. The zero-order valence-electron chi connectivity index (χ0n) is 22.3. The van der Waals surface area contributed by atoms with Crippen molar-refractivity contribution >= 4 is 23.4 Å². The molecule has 1 saturated heterocycles. The molecule has 1 aliphatic heterocycles. The number of nitrogens with one attached hydrogen (secondary N) is 3. The maximum absolute atomic E-state index is 14.1. The van der Waals surface area contributed by atoms with E-state index in [1.807, 2.05) is 0 Å². The van der Waals surface area contributed by atoms with Crippen LogP contribution in [0.4, 0.5) is 10.1 Å². The number of methoxy groups -OCH3 is 1. The van der Waals surface area contributed by atoms with E-state index in [1.54, 1.807) is 0 Å². The van der Waals surface area contributed by atoms with E-state index in [9.17, 15) is 18.8 Å². The second kappa shape index (κ2) is 13.9. The van der Waals surface area contributed by atoms with Crippen molar-refractivity contribution in [2.75, 3.05) is 38.6 Å². The third kappa shape index (κ3) is 8.16. The van der Waals surface area contributed by atoms with Crippen molar-refractivity contribution in [2.24, 2.45) is 0 Å². The molecule has 1 aliphatic carbocycles. The van der Waals surface area contributed by atoms with Gasteiger partial charge < -0.3 is 25.6 Å². The third-order valence-electron chi connectivity index (χ3n) is 7.01. The molecule has 2 fully saturated rings. The molecule has 0 radical (unpaired) electrons. The number of hydrogen-bond donors (Lipinski definition) is 3. The number of hydrogen-bond acceptors (Lipinski definition) is 8. The first-order valence-corrected chi connectivity index (χ1v) is 13.7. The zero-order valence-corrected chi connectivity index (χ0v) is 22.3. The normalized spacial score (nSPS) is 16.7. The van der Waals surface area contributed by atoms with Gasteiger partial charge in [-0.15, -0.1) is 0 Å². The highest BCUT2D eigenvalue weighted by atomic mass is 19.1. The molecule has 0 bridgehead atoms. The molecule has 11 nitrogen and oxygen atoms in total. The van der Waals surface area contributed by atoms with E-state index in [0.717, 1.165) is 70.5 Å². The number of amides is 3. The Hall–Kier alpha value is -3.67. The number of ether oxygens (including phenoxy) is 1. The van der Waals surface area contributed by atoms with E-state index in [-0.39, 0.29) is 29.1 Å². The molecule has 1 aromatic carbocycles. The van der Waals surface area contributed by atoms with Gasteiger partial charge in [-0.2, -0.15) is 15.0 Å². The van der Waals surface area contributed by atoms with E-state index >= 15 is 0 Å². The fourth-order valence-electron chi connectivity index (χ4n) is 4.87. The molecule has 0 atom stereocenters. The second-order valence-electron chi connectivity index (χ2n) is 9.93. The number of benzene rings is 1. The summed E-state index contributed by atoms with van der Waals surface area (Å²) in [5.41, 5.74) is 0.135. The summed E-state index contributed by atoms with van der Waals surface area (Å²) in [6.07, 6.45) is 9.44. The maximum atomic E-state index is 14.1. The number of anilines is 1. The standard InChI is InChI=1S/C27H36FN7O4/c1-39-21-12-11-19(17-20(21)28)31-27(38)24-33-22(25(36)29-13-16-35-14-7-4-8-15-35)32-23(34-24)26(37)30-18-9-5-2-3-6-10-18/h11-12,17-18H,2-10,13-16H2,1H3,(H,29,36)(H,30,37)(H,31,38). The van der Waals surface area contributed by atoms with Crippen molar-refractivity contribution < 1.29 is 23.5 Å². The van der Waals surface area contributed by atoms with Crippen molar-refractivity contribution in [1.82, 2.24) is 30.5 Å². The molecular weight excluding hydrogens is 505 g/mol. The molecule has 210 valence electrons. The average Bonchev–Trinajstić information content (AvgIpc) is 3.22. The lowest BCUT2D eigenvalue weighted by Gasteiger charge is -2.26. The lowest BCUT2D eigenvalue weighted by molar-refractivity contribution is 0.0918. The van der Waals surface area contributed by atoms with E-state index < -0.39 is 29.4 Å². The van der Waals surface area contributed by atoms with Crippen LogP contribution in [0.2, 0.25) is 0 Å². The minimum atomic E-state index is -0.812. The van der Waals surface area contributed by atoms with Crippen LogP contribution in [-0.4, -0.2) is 76.9 Å². The Morgan fingerprint density at radius 2 is 1.51 bits per heavy atom. The molecule has 39 heavy (non-hydrogen) atoms. The molecule has 3 amide bonds. The first kappa shape index (κ1) is 28.3. The summed E-state index contributed by atoms with van der Waals surface area (Å²) >= 11 is 0. The maximum Gasteiger partial charge on any atom is 0.293 e. The molecule has 2 aromatic rings. The minimum Gasteiger partial charge on any atom is -0.494 e. The highest BCUT2D eigenvalue weighted by Gasteiger charge is 2.24. The lowest BCUT2D eigenvalue weighted by Crippen LogP contribution is -2.39. The summed E-state index contributed by atoms with van der Waals surface area (Å²) in [4.78, 5) is 53.5. The molecular formula is C27H36FN7O4. The van der Waals surface area contributed by atoms with E-state index in [0.29, 0.717) is 13.1 Å². The number of carbonyl (C=O) groups excluding carboxylic acids is 3. The summed E-state index contributed by atoms with van der Waals surface area (Å²) in [5.74, 6) is -3.71. The Bertz CT molecular complexity index is 1160. The quantitative estimate of drug-likeness (QED) is 0.412. The third-order valence-corrected chi connectivity index (χ3v) is 7.01. The van der Waals surface area contributed by atoms with Gasteiger partial charge in [0.15, 0.2) is 11.6 Å². The van der Waals surface area contributed by atoms with Gasteiger partial charge in [-0.05, 0) is 50.9 Å². The molecule has 0 spiro atoms. The van der Waals surface area contributed by atoms with Gasteiger partial charge in [0, 0.05) is 30.9 Å². The van der Waals surface area contributed by atoms with E-state index in [4.69, 9.17) is 4.74 Å². The minimum absolute atomic E-state index is 0.0224. The van der Waals surface area contributed by atoms with Crippen molar-refractivity contribution in [3.8, 4) is 5.75 Å². The number of halogens is 1. The molecule has 4 rings (SSSR count). The fraction of sp³-hybridized carbons (Fsp3) is 0.556.